The van der Waals surface area contributed by atoms with E-state index < -0.39 is 0 Å². The van der Waals surface area contributed by atoms with Gasteiger partial charge in [0, 0.05) is 37.6 Å². The Balaban J connectivity index is 1.58. The Kier molecular flexibility index (Phi) is 6.86. The summed E-state index contributed by atoms with van der Waals surface area (Å²) in [6.45, 7) is 10.3. The lowest BCUT2D eigenvalue weighted by atomic mass is 10.1. The number of nitrogens with one attached hydrogen (secondary N) is 1. The summed E-state index contributed by atoms with van der Waals surface area (Å²) in [4.78, 5) is 15.1. The van der Waals surface area contributed by atoms with Gasteiger partial charge in [-0.15, -0.1) is 0 Å². The number of rotatable bonds is 5. The minimum atomic E-state index is 0.425. The topological polar surface area (TPSA) is 44.3 Å². The van der Waals surface area contributed by atoms with Crippen molar-refractivity contribution in [2.75, 3.05) is 42.9 Å². The van der Waals surface area contributed by atoms with Gasteiger partial charge in [-0.25, -0.2) is 4.98 Å². The van der Waals surface area contributed by atoms with E-state index in [9.17, 15) is 0 Å². The molecular weight excluding hydrogens is 358 g/mol. The third kappa shape index (κ3) is 5.39. The molecule has 4 rings (SSSR count). The van der Waals surface area contributed by atoms with Gasteiger partial charge in [0.25, 0.3) is 0 Å². The molecule has 2 aromatic rings. The fraction of sp³-hybridized carbons (Fsp3) is 0.667. The van der Waals surface area contributed by atoms with Crippen LogP contribution in [-0.4, -0.2) is 53.6 Å². The molecule has 5 nitrogen and oxygen atoms in total. The summed E-state index contributed by atoms with van der Waals surface area (Å²) in [5.41, 5.74) is 1.05. The highest BCUT2D eigenvalue weighted by atomic mass is 15.2. The third-order valence-corrected chi connectivity index (χ3v) is 6.20. The smallest absolute Gasteiger partial charge is 0.225 e. The van der Waals surface area contributed by atoms with Crippen LogP contribution in [0.1, 0.15) is 58.8 Å². The summed E-state index contributed by atoms with van der Waals surface area (Å²) >= 11 is 0. The van der Waals surface area contributed by atoms with Crippen LogP contribution >= 0.6 is 0 Å². The van der Waals surface area contributed by atoms with Crippen LogP contribution in [0.2, 0.25) is 0 Å². The van der Waals surface area contributed by atoms with Crippen molar-refractivity contribution in [2.45, 2.75) is 64.8 Å². The van der Waals surface area contributed by atoms with Gasteiger partial charge in [0.1, 0.15) is 5.82 Å². The first kappa shape index (κ1) is 20.4. The second-order valence-electron chi connectivity index (χ2n) is 9.28. The number of hydrogen-bond acceptors (Lipinski definition) is 5. The number of anilines is 2. The zero-order chi connectivity index (χ0) is 20.1. The lowest BCUT2D eigenvalue weighted by Gasteiger charge is -2.27. The maximum Gasteiger partial charge on any atom is 0.225 e. The Hall–Kier alpha value is -1.88. The summed E-state index contributed by atoms with van der Waals surface area (Å²) in [5.74, 6) is 2.63. The molecular formula is C24H37N5. The Morgan fingerprint density at radius 1 is 0.966 bits per heavy atom. The Morgan fingerprint density at radius 2 is 1.72 bits per heavy atom. The molecule has 5 heteroatoms. The minimum Gasteiger partial charge on any atom is -0.356 e. The van der Waals surface area contributed by atoms with Crippen LogP contribution in [0.5, 0.6) is 0 Å². The van der Waals surface area contributed by atoms with Crippen LogP contribution in [0.25, 0.3) is 10.9 Å². The summed E-state index contributed by atoms with van der Waals surface area (Å²) in [6.07, 6.45) is 8.95. The van der Waals surface area contributed by atoms with Crippen molar-refractivity contribution in [1.82, 2.24) is 14.9 Å². The second kappa shape index (κ2) is 9.75. The monoisotopic (exact) mass is 395 g/mol. The van der Waals surface area contributed by atoms with Gasteiger partial charge in [0.2, 0.25) is 5.95 Å². The van der Waals surface area contributed by atoms with Gasteiger partial charge < -0.3 is 15.1 Å². The second-order valence-corrected chi connectivity index (χ2v) is 9.28. The summed E-state index contributed by atoms with van der Waals surface area (Å²) in [5, 5.41) is 4.90. The Labute approximate surface area is 175 Å². The van der Waals surface area contributed by atoms with E-state index in [-0.39, 0.29) is 0 Å². The number of nitrogens with zero attached hydrogens (tertiary/aromatic N) is 4. The Morgan fingerprint density at radius 3 is 2.52 bits per heavy atom. The molecule has 158 valence electrons. The Bertz CT molecular complexity index is 782. The van der Waals surface area contributed by atoms with Gasteiger partial charge in [-0.2, -0.15) is 4.98 Å². The maximum atomic E-state index is 5.06. The molecule has 0 amide bonds. The van der Waals surface area contributed by atoms with Crippen LogP contribution in [0.3, 0.4) is 0 Å². The van der Waals surface area contributed by atoms with Gasteiger partial charge >= 0.3 is 0 Å². The largest absolute Gasteiger partial charge is 0.356 e. The first-order valence-corrected chi connectivity index (χ1v) is 11.7. The van der Waals surface area contributed by atoms with Gasteiger partial charge in [0.05, 0.1) is 5.52 Å². The van der Waals surface area contributed by atoms with Gasteiger partial charge in [0.15, 0.2) is 0 Å². The molecule has 2 aliphatic heterocycles. The van der Waals surface area contributed by atoms with E-state index in [4.69, 9.17) is 9.97 Å². The van der Waals surface area contributed by atoms with E-state index in [1.54, 1.807) is 0 Å². The van der Waals surface area contributed by atoms with Crippen molar-refractivity contribution >= 4 is 22.7 Å². The van der Waals surface area contributed by atoms with Crippen LogP contribution in [-0.2, 0) is 0 Å². The van der Waals surface area contributed by atoms with Gasteiger partial charge in [-0.1, -0.05) is 45.2 Å². The minimum absolute atomic E-state index is 0.425. The lowest BCUT2D eigenvalue weighted by molar-refractivity contribution is 0.247. The maximum absolute atomic E-state index is 5.06. The number of aromatic nitrogens is 2. The van der Waals surface area contributed by atoms with Crippen molar-refractivity contribution in [2.24, 2.45) is 5.92 Å². The van der Waals surface area contributed by atoms with Crippen LogP contribution in [0.4, 0.5) is 11.8 Å². The molecule has 1 atom stereocenters. The van der Waals surface area contributed by atoms with E-state index in [2.05, 4.69) is 53.2 Å². The number of benzene rings is 1. The van der Waals surface area contributed by atoms with E-state index in [0.29, 0.717) is 12.0 Å². The molecule has 0 saturated carbocycles. The summed E-state index contributed by atoms with van der Waals surface area (Å²) in [6, 6.07) is 8.92. The summed E-state index contributed by atoms with van der Waals surface area (Å²) in [7, 11) is 0. The standard InChI is InChI=1S/C24H37N5/c1-19(2)17-28-14-10-7-11-20(18-28)25-24-26-22-13-6-5-12-21(22)23(27-24)29-15-8-3-4-9-16-29/h5-6,12-13,19-20H,3-4,7-11,14-18H2,1-2H3,(H,25,26,27)/t20-/m1/s1. The number of fused-ring (bicyclic) bond motifs is 1. The lowest BCUT2D eigenvalue weighted by Crippen LogP contribution is -2.37. The predicted molar refractivity (Wildman–Crippen MR) is 123 cm³/mol. The highest BCUT2D eigenvalue weighted by molar-refractivity contribution is 5.90. The molecule has 2 fully saturated rings. The number of para-hydroxylation sites is 1. The average molecular weight is 396 g/mol. The van der Waals surface area contributed by atoms with E-state index in [1.165, 1.54) is 63.4 Å². The molecule has 29 heavy (non-hydrogen) atoms. The van der Waals surface area contributed by atoms with Crippen molar-refractivity contribution in [3.63, 3.8) is 0 Å². The third-order valence-electron chi connectivity index (χ3n) is 6.20. The normalized spacial score (nSPS) is 21.9. The number of likely N-dealkylation sites (tertiary alicyclic amines) is 1. The first-order valence-electron chi connectivity index (χ1n) is 11.7. The SMILES string of the molecule is CC(C)CN1CCCC[C@@H](Nc2nc(N3CCCCCC3)c3ccccc3n2)C1. The van der Waals surface area contributed by atoms with Crippen molar-refractivity contribution in [1.29, 1.82) is 0 Å². The van der Waals surface area contributed by atoms with E-state index in [1.807, 2.05) is 0 Å². The number of hydrogen-bond donors (Lipinski definition) is 1. The predicted octanol–water partition coefficient (Wildman–Crippen LogP) is 4.93. The molecule has 2 aliphatic rings. The highest BCUT2D eigenvalue weighted by Gasteiger charge is 2.21. The molecule has 0 bridgehead atoms. The van der Waals surface area contributed by atoms with Crippen molar-refractivity contribution in [3.8, 4) is 0 Å². The molecule has 0 spiro atoms. The van der Waals surface area contributed by atoms with E-state index >= 15 is 0 Å². The molecule has 0 aliphatic carbocycles. The molecule has 1 N–H and O–H groups in total. The average Bonchev–Trinajstić information content (AvgIpc) is 3.10. The molecule has 0 unspecified atom stereocenters. The quantitative estimate of drug-likeness (QED) is 0.777. The molecule has 1 aromatic heterocycles. The summed E-state index contributed by atoms with van der Waals surface area (Å²) < 4.78 is 0. The molecule has 1 aromatic carbocycles. The zero-order valence-corrected chi connectivity index (χ0v) is 18.2. The van der Waals surface area contributed by atoms with E-state index in [0.717, 1.165) is 36.9 Å². The fourth-order valence-electron chi connectivity index (χ4n) is 4.85. The zero-order valence-electron chi connectivity index (χ0n) is 18.2. The van der Waals surface area contributed by atoms with Gasteiger partial charge in [-0.05, 0) is 50.3 Å². The molecule has 2 saturated heterocycles. The molecule has 3 heterocycles. The highest BCUT2D eigenvalue weighted by Crippen LogP contribution is 2.28. The van der Waals surface area contributed by atoms with Crippen molar-refractivity contribution in [3.05, 3.63) is 24.3 Å². The van der Waals surface area contributed by atoms with Crippen LogP contribution in [0, 0.1) is 5.92 Å². The first-order chi connectivity index (χ1) is 14.2. The van der Waals surface area contributed by atoms with Crippen molar-refractivity contribution < 1.29 is 0 Å². The van der Waals surface area contributed by atoms with Crippen LogP contribution in [0.15, 0.2) is 24.3 Å². The molecule has 0 radical (unpaired) electrons. The van der Waals surface area contributed by atoms with Gasteiger partial charge in [-0.3, -0.25) is 0 Å². The van der Waals surface area contributed by atoms with Crippen LogP contribution < -0.4 is 10.2 Å². The fourth-order valence-corrected chi connectivity index (χ4v) is 4.85.